The molecule has 8 heteroatoms. The van der Waals surface area contributed by atoms with E-state index in [1.165, 1.54) is 6.07 Å². The summed E-state index contributed by atoms with van der Waals surface area (Å²) in [6.45, 7) is 3.45. The first kappa shape index (κ1) is 19.0. The molecule has 1 saturated heterocycles. The Balaban J connectivity index is 1.53. The van der Waals surface area contributed by atoms with Crippen molar-refractivity contribution in [3.63, 3.8) is 0 Å². The number of aryl methyl sites for hydroxylation is 2. The van der Waals surface area contributed by atoms with E-state index in [2.05, 4.69) is 0 Å². The molecule has 4 rings (SSSR count). The number of nitrogens with zero attached hydrogens (tertiary/aromatic N) is 1. The van der Waals surface area contributed by atoms with Crippen LogP contribution in [-0.4, -0.2) is 49.4 Å². The second-order valence-corrected chi connectivity index (χ2v) is 9.92. The molecule has 0 unspecified atom stereocenters. The van der Waals surface area contributed by atoms with E-state index in [0.717, 1.165) is 23.8 Å². The lowest BCUT2D eigenvalue weighted by Crippen LogP contribution is -2.45. The van der Waals surface area contributed by atoms with E-state index in [-0.39, 0.29) is 36.1 Å². The molecule has 0 bridgehead atoms. The third-order valence-corrected chi connectivity index (χ3v) is 7.25. The Hall–Kier alpha value is -2.35. The zero-order valence-corrected chi connectivity index (χ0v) is 16.8. The molecule has 2 fully saturated rings. The van der Waals surface area contributed by atoms with Crippen LogP contribution in [0.5, 0.6) is 5.75 Å². The first-order chi connectivity index (χ1) is 13.2. The molecule has 1 aliphatic heterocycles. The second kappa shape index (κ2) is 6.92. The van der Waals surface area contributed by atoms with E-state index < -0.39 is 15.5 Å². The number of carbonyl (C=O) groups is 1. The van der Waals surface area contributed by atoms with Crippen LogP contribution in [0.4, 0.5) is 0 Å². The quantitative estimate of drug-likeness (QED) is 0.706. The van der Waals surface area contributed by atoms with Crippen molar-refractivity contribution in [2.45, 2.75) is 45.2 Å². The first-order valence-electron chi connectivity index (χ1n) is 9.43. The molecule has 2 aromatic rings. The molecule has 0 spiro atoms. The number of fused-ring (bicyclic) bond motifs is 1. The highest BCUT2D eigenvalue weighted by Gasteiger charge is 2.42. The predicted octanol–water partition coefficient (Wildman–Crippen LogP) is 1.97. The molecule has 1 aliphatic carbocycles. The summed E-state index contributed by atoms with van der Waals surface area (Å²) in [5.74, 6) is 0.450. The van der Waals surface area contributed by atoms with Gasteiger partial charge < -0.3 is 14.1 Å². The monoisotopic (exact) mass is 405 g/mol. The average Bonchev–Trinajstić information content (AvgIpc) is 3.38. The van der Waals surface area contributed by atoms with Crippen LogP contribution in [-0.2, 0) is 14.6 Å². The summed E-state index contributed by atoms with van der Waals surface area (Å²) in [5.41, 5.74) is 1.51. The molecule has 150 valence electrons. The lowest BCUT2D eigenvalue weighted by molar-refractivity contribution is -0.135. The fourth-order valence-corrected chi connectivity index (χ4v) is 5.63. The topological polar surface area (TPSA) is 93.9 Å². The van der Waals surface area contributed by atoms with Crippen LogP contribution in [0.1, 0.15) is 30.4 Å². The largest absolute Gasteiger partial charge is 0.483 e. The SMILES string of the molecule is Cc1cc(=O)oc2c(C)c(OCC(=O)N(C3CC3)[C@@H]3CCS(=O)(=O)C3)ccc12. The van der Waals surface area contributed by atoms with Crippen LogP contribution in [0, 0.1) is 13.8 Å². The Bertz CT molecular complexity index is 1100. The Morgan fingerprint density at radius 1 is 1.21 bits per heavy atom. The summed E-state index contributed by atoms with van der Waals surface area (Å²) in [6, 6.07) is 4.87. The molecule has 28 heavy (non-hydrogen) atoms. The molecule has 1 saturated carbocycles. The highest BCUT2D eigenvalue weighted by atomic mass is 32.2. The number of carbonyl (C=O) groups excluding carboxylic acids is 1. The molecule has 7 nitrogen and oxygen atoms in total. The number of rotatable bonds is 5. The summed E-state index contributed by atoms with van der Waals surface area (Å²) in [5, 5.41) is 0.826. The number of sulfone groups is 1. The number of amides is 1. The molecule has 2 heterocycles. The van der Waals surface area contributed by atoms with Crippen molar-refractivity contribution in [3.8, 4) is 5.75 Å². The molecule has 1 atom stereocenters. The van der Waals surface area contributed by atoms with Gasteiger partial charge in [0.15, 0.2) is 16.4 Å². The molecule has 2 aliphatic rings. The van der Waals surface area contributed by atoms with Gasteiger partial charge in [0, 0.05) is 29.1 Å². The minimum Gasteiger partial charge on any atom is -0.483 e. The van der Waals surface area contributed by atoms with Crippen molar-refractivity contribution in [1.82, 2.24) is 4.90 Å². The van der Waals surface area contributed by atoms with Gasteiger partial charge in [-0.2, -0.15) is 0 Å². The predicted molar refractivity (Wildman–Crippen MR) is 104 cm³/mol. The Labute approximate surface area is 163 Å². The minimum absolute atomic E-state index is 0.0364. The van der Waals surface area contributed by atoms with Crippen molar-refractivity contribution < 1.29 is 22.4 Å². The lowest BCUT2D eigenvalue weighted by Gasteiger charge is -2.28. The lowest BCUT2D eigenvalue weighted by atomic mass is 10.1. The van der Waals surface area contributed by atoms with Gasteiger partial charge in [-0.3, -0.25) is 4.79 Å². The van der Waals surface area contributed by atoms with Gasteiger partial charge in [0.2, 0.25) is 0 Å². The standard InChI is InChI=1S/C20H23NO6S/c1-12-9-19(23)27-20-13(2)17(6-5-16(12)20)26-10-18(22)21(14-3-4-14)15-7-8-28(24,25)11-15/h5-6,9,14-15H,3-4,7-8,10-11H2,1-2H3/t15-/m1/s1. The normalized spacial score (nSPS) is 21.0. The molecule has 1 amide bonds. The summed E-state index contributed by atoms with van der Waals surface area (Å²) >= 11 is 0. The van der Waals surface area contributed by atoms with Crippen molar-refractivity contribution in [3.05, 3.63) is 39.7 Å². The van der Waals surface area contributed by atoms with Crippen LogP contribution in [0.3, 0.4) is 0 Å². The second-order valence-electron chi connectivity index (χ2n) is 7.69. The van der Waals surface area contributed by atoms with Gasteiger partial charge in [-0.05, 0) is 50.8 Å². The van der Waals surface area contributed by atoms with E-state index in [0.29, 0.717) is 23.3 Å². The molecular formula is C20H23NO6S. The van der Waals surface area contributed by atoms with Gasteiger partial charge >= 0.3 is 5.63 Å². The summed E-state index contributed by atoms with van der Waals surface area (Å²) in [7, 11) is -3.06. The molecular weight excluding hydrogens is 382 g/mol. The van der Waals surface area contributed by atoms with Crippen LogP contribution >= 0.6 is 0 Å². The maximum Gasteiger partial charge on any atom is 0.336 e. The maximum atomic E-state index is 12.8. The average molecular weight is 405 g/mol. The number of hydrogen-bond donors (Lipinski definition) is 0. The van der Waals surface area contributed by atoms with Gasteiger partial charge in [-0.15, -0.1) is 0 Å². The third-order valence-electron chi connectivity index (χ3n) is 5.50. The van der Waals surface area contributed by atoms with E-state index >= 15 is 0 Å². The molecule has 1 aromatic carbocycles. The van der Waals surface area contributed by atoms with Crippen LogP contribution < -0.4 is 10.4 Å². The van der Waals surface area contributed by atoms with Gasteiger partial charge in [-0.1, -0.05) is 0 Å². The van der Waals surface area contributed by atoms with Crippen LogP contribution in [0.15, 0.2) is 27.4 Å². The zero-order chi connectivity index (χ0) is 20.1. The molecule has 0 N–H and O–H groups in total. The Morgan fingerprint density at radius 3 is 2.61 bits per heavy atom. The van der Waals surface area contributed by atoms with Gasteiger partial charge in [0.25, 0.3) is 5.91 Å². The maximum absolute atomic E-state index is 12.8. The Kier molecular flexibility index (Phi) is 4.69. The van der Waals surface area contributed by atoms with Gasteiger partial charge in [0.05, 0.1) is 11.5 Å². The number of ether oxygens (including phenoxy) is 1. The van der Waals surface area contributed by atoms with E-state index in [1.54, 1.807) is 17.9 Å². The molecule has 1 aromatic heterocycles. The zero-order valence-electron chi connectivity index (χ0n) is 15.9. The first-order valence-corrected chi connectivity index (χ1v) is 11.3. The fraction of sp³-hybridized carbons (Fsp3) is 0.500. The third kappa shape index (κ3) is 3.65. The summed E-state index contributed by atoms with van der Waals surface area (Å²) < 4.78 is 34.7. The van der Waals surface area contributed by atoms with Crippen molar-refractivity contribution in [1.29, 1.82) is 0 Å². The van der Waals surface area contributed by atoms with E-state index in [1.807, 2.05) is 13.0 Å². The fourth-order valence-electron chi connectivity index (χ4n) is 3.92. The number of benzene rings is 1. The minimum atomic E-state index is -3.06. The van der Waals surface area contributed by atoms with Crippen molar-refractivity contribution in [2.24, 2.45) is 0 Å². The van der Waals surface area contributed by atoms with Crippen molar-refractivity contribution >= 4 is 26.7 Å². The Morgan fingerprint density at radius 2 is 1.96 bits per heavy atom. The highest BCUT2D eigenvalue weighted by molar-refractivity contribution is 7.91. The van der Waals surface area contributed by atoms with Gasteiger partial charge in [0.1, 0.15) is 11.3 Å². The van der Waals surface area contributed by atoms with Crippen LogP contribution in [0.2, 0.25) is 0 Å². The van der Waals surface area contributed by atoms with Gasteiger partial charge in [-0.25, -0.2) is 13.2 Å². The van der Waals surface area contributed by atoms with Crippen LogP contribution in [0.25, 0.3) is 11.0 Å². The summed E-state index contributed by atoms with van der Waals surface area (Å²) in [4.78, 5) is 26.2. The number of hydrogen-bond acceptors (Lipinski definition) is 6. The smallest absolute Gasteiger partial charge is 0.336 e. The highest BCUT2D eigenvalue weighted by Crippen LogP contribution is 2.33. The molecule has 0 radical (unpaired) electrons. The summed E-state index contributed by atoms with van der Waals surface area (Å²) in [6.07, 6.45) is 2.30. The van der Waals surface area contributed by atoms with Crippen molar-refractivity contribution in [2.75, 3.05) is 18.1 Å². The van der Waals surface area contributed by atoms with E-state index in [4.69, 9.17) is 9.15 Å². The van der Waals surface area contributed by atoms with E-state index in [9.17, 15) is 18.0 Å².